The molecular weight excluding hydrogens is 250 g/mol. The minimum Gasteiger partial charge on any atom is -0.320 e. The van der Waals surface area contributed by atoms with Crippen molar-refractivity contribution >= 4 is 23.3 Å². The summed E-state index contributed by atoms with van der Waals surface area (Å²) in [4.78, 5) is 11.7. The Bertz CT molecular complexity index is 495. The first kappa shape index (κ1) is 14.3. The van der Waals surface area contributed by atoms with E-state index < -0.39 is 11.6 Å². The van der Waals surface area contributed by atoms with Gasteiger partial charge in [0.15, 0.2) is 0 Å². The van der Waals surface area contributed by atoms with Crippen molar-refractivity contribution in [3.63, 3.8) is 0 Å². The standard InChI is InChI=1S/C13H16ClN3O/c1-4-13(3,8-15)17-12(18)16-10-6-5-9(2)11(14)7-10/h5-7H,4H2,1-3H3,(H2,16,17,18). The van der Waals surface area contributed by atoms with Gasteiger partial charge in [-0.05, 0) is 38.0 Å². The average Bonchev–Trinajstić information content (AvgIpc) is 2.33. The Balaban J connectivity index is 2.71. The number of nitrogens with one attached hydrogen (secondary N) is 2. The third kappa shape index (κ3) is 3.64. The summed E-state index contributed by atoms with van der Waals surface area (Å²) >= 11 is 5.96. The SMILES string of the molecule is CCC(C)(C#N)NC(=O)Nc1ccc(C)c(Cl)c1. The second kappa shape index (κ2) is 5.74. The van der Waals surface area contributed by atoms with Crippen molar-refractivity contribution in [2.75, 3.05) is 5.32 Å². The number of rotatable bonds is 3. The molecule has 0 bridgehead atoms. The van der Waals surface area contributed by atoms with Crippen molar-refractivity contribution in [2.24, 2.45) is 0 Å². The Morgan fingerprint density at radius 1 is 1.56 bits per heavy atom. The highest BCUT2D eigenvalue weighted by molar-refractivity contribution is 6.31. The monoisotopic (exact) mass is 265 g/mol. The molecule has 0 saturated heterocycles. The second-order valence-corrected chi connectivity index (χ2v) is 4.75. The molecule has 2 amide bonds. The van der Waals surface area contributed by atoms with Crippen molar-refractivity contribution in [1.82, 2.24) is 5.32 Å². The van der Waals surface area contributed by atoms with Gasteiger partial charge in [0, 0.05) is 10.7 Å². The molecule has 0 aliphatic rings. The number of anilines is 1. The third-order valence-corrected chi connectivity index (χ3v) is 3.18. The van der Waals surface area contributed by atoms with Crippen LogP contribution in [0.25, 0.3) is 0 Å². The number of aryl methyl sites for hydroxylation is 1. The van der Waals surface area contributed by atoms with Crippen molar-refractivity contribution in [3.8, 4) is 6.07 Å². The molecule has 0 fully saturated rings. The lowest BCUT2D eigenvalue weighted by atomic mass is 10.0. The Hall–Kier alpha value is -1.73. The number of halogens is 1. The van der Waals surface area contributed by atoms with Crippen molar-refractivity contribution in [3.05, 3.63) is 28.8 Å². The van der Waals surface area contributed by atoms with Crippen molar-refractivity contribution in [1.29, 1.82) is 5.26 Å². The summed E-state index contributed by atoms with van der Waals surface area (Å²) in [6.45, 7) is 5.40. The largest absolute Gasteiger partial charge is 0.320 e. The first-order valence-corrected chi connectivity index (χ1v) is 6.04. The normalized spacial score (nSPS) is 13.3. The number of hydrogen-bond acceptors (Lipinski definition) is 2. The van der Waals surface area contributed by atoms with Gasteiger partial charge in [-0.15, -0.1) is 0 Å². The van der Waals surface area contributed by atoms with Crippen LogP contribution in [0.4, 0.5) is 10.5 Å². The van der Waals surface area contributed by atoms with Gasteiger partial charge in [-0.2, -0.15) is 5.26 Å². The minimum atomic E-state index is -0.863. The summed E-state index contributed by atoms with van der Waals surface area (Å²) in [6, 6.07) is 6.91. The molecule has 1 atom stereocenters. The van der Waals surface area contributed by atoms with Gasteiger partial charge in [0.05, 0.1) is 6.07 Å². The van der Waals surface area contributed by atoms with E-state index in [-0.39, 0.29) is 0 Å². The molecule has 0 aliphatic heterocycles. The molecule has 96 valence electrons. The lowest BCUT2D eigenvalue weighted by Crippen LogP contribution is -2.46. The molecule has 1 aromatic rings. The Morgan fingerprint density at radius 3 is 2.72 bits per heavy atom. The highest BCUT2D eigenvalue weighted by atomic mass is 35.5. The molecule has 0 heterocycles. The lowest BCUT2D eigenvalue weighted by Gasteiger charge is -2.21. The van der Waals surface area contributed by atoms with E-state index in [0.717, 1.165) is 5.56 Å². The molecule has 18 heavy (non-hydrogen) atoms. The van der Waals surface area contributed by atoms with Gasteiger partial charge in [0.25, 0.3) is 0 Å². The summed E-state index contributed by atoms with van der Waals surface area (Å²) < 4.78 is 0. The van der Waals surface area contributed by atoms with E-state index in [1.165, 1.54) is 0 Å². The summed E-state index contributed by atoms with van der Waals surface area (Å²) in [7, 11) is 0. The predicted molar refractivity (Wildman–Crippen MR) is 72.7 cm³/mol. The molecule has 1 aromatic carbocycles. The molecule has 0 aromatic heterocycles. The first-order chi connectivity index (χ1) is 8.40. The fraction of sp³-hybridized carbons (Fsp3) is 0.385. The van der Waals surface area contributed by atoms with E-state index in [0.29, 0.717) is 17.1 Å². The number of benzene rings is 1. The van der Waals surface area contributed by atoms with Crippen LogP contribution in [0, 0.1) is 18.3 Å². The van der Waals surface area contributed by atoms with Crippen LogP contribution >= 0.6 is 11.6 Å². The number of carbonyl (C=O) groups is 1. The van der Waals surface area contributed by atoms with Gasteiger partial charge in [0.1, 0.15) is 5.54 Å². The Morgan fingerprint density at radius 2 is 2.22 bits per heavy atom. The zero-order valence-corrected chi connectivity index (χ0v) is 11.4. The fourth-order valence-electron chi connectivity index (χ4n) is 1.28. The van der Waals surface area contributed by atoms with E-state index in [1.807, 2.05) is 19.9 Å². The highest BCUT2D eigenvalue weighted by Crippen LogP contribution is 2.20. The number of nitrogens with zero attached hydrogens (tertiary/aromatic N) is 1. The quantitative estimate of drug-likeness (QED) is 0.879. The van der Waals surface area contributed by atoms with E-state index in [1.54, 1.807) is 19.1 Å². The molecule has 0 saturated carbocycles. The lowest BCUT2D eigenvalue weighted by molar-refractivity contribution is 0.244. The minimum absolute atomic E-state index is 0.416. The van der Waals surface area contributed by atoms with Crippen LogP contribution in [0.15, 0.2) is 18.2 Å². The van der Waals surface area contributed by atoms with Crippen LogP contribution in [0.1, 0.15) is 25.8 Å². The van der Waals surface area contributed by atoms with Crippen LogP contribution in [-0.2, 0) is 0 Å². The topological polar surface area (TPSA) is 64.9 Å². The molecular formula is C13H16ClN3O. The van der Waals surface area contributed by atoms with Crippen LogP contribution in [0.3, 0.4) is 0 Å². The Labute approximate surface area is 112 Å². The summed E-state index contributed by atoms with van der Waals surface area (Å²) in [5, 5.41) is 14.8. The van der Waals surface area contributed by atoms with Gasteiger partial charge in [-0.1, -0.05) is 24.6 Å². The molecule has 1 unspecified atom stereocenters. The molecule has 1 rings (SSSR count). The van der Waals surface area contributed by atoms with Gasteiger partial charge in [-0.25, -0.2) is 4.79 Å². The second-order valence-electron chi connectivity index (χ2n) is 4.34. The van der Waals surface area contributed by atoms with E-state index in [4.69, 9.17) is 16.9 Å². The summed E-state index contributed by atoms with van der Waals surface area (Å²) in [6.07, 6.45) is 0.533. The zero-order valence-electron chi connectivity index (χ0n) is 10.7. The molecule has 0 aliphatic carbocycles. The van der Waals surface area contributed by atoms with E-state index >= 15 is 0 Å². The van der Waals surface area contributed by atoms with Crippen LogP contribution < -0.4 is 10.6 Å². The van der Waals surface area contributed by atoms with Gasteiger partial charge >= 0.3 is 6.03 Å². The number of hydrogen-bond donors (Lipinski definition) is 2. The maximum absolute atomic E-state index is 11.7. The molecule has 0 spiro atoms. The Kier molecular flexibility index (Phi) is 4.57. The summed E-state index contributed by atoms with van der Waals surface area (Å²) in [5.74, 6) is 0. The number of urea groups is 1. The first-order valence-electron chi connectivity index (χ1n) is 5.67. The molecule has 5 heteroatoms. The molecule has 0 radical (unpaired) electrons. The smallest absolute Gasteiger partial charge is 0.320 e. The number of amides is 2. The van der Waals surface area contributed by atoms with Crippen LogP contribution in [0.2, 0.25) is 5.02 Å². The van der Waals surface area contributed by atoms with Crippen molar-refractivity contribution < 1.29 is 4.79 Å². The van der Waals surface area contributed by atoms with Gasteiger partial charge in [-0.3, -0.25) is 0 Å². The molecule has 2 N–H and O–H groups in total. The van der Waals surface area contributed by atoms with Crippen LogP contribution in [0.5, 0.6) is 0 Å². The van der Waals surface area contributed by atoms with Crippen LogP contribution in [-0.4, -0.2) is 11.6 Å². The fourth-order valence-corrected chi connectivity index (χ4v) is 1.46. The zero-order chi connectivity index (χ0) is 13.8. The average molecular weight is 266 g/mol. The predicted octanol–water partition coefficient (Wildman–Crippen LogP) is 3.46. The number of nitriles is 1. The van der Waals surface area contributed by atoms with E-state index in [2.05, 4.69) is 16.7 Å². The highest BCUT2D eigenvalue weighted by Gasteiger charge is 2.23. The third-order valence-electron chi connectivity index (χ3n) is 2.77. The molecule has 4 nitrogen and oxygen atoms in total. The maximum atomic E-state index is 11.7. The van der Waals surface area contributed by atoms with Gasteiger partial charge < -0.3 is 10.6 Å². The number of carbonyl (C=O) groups excluding carboxylic acids is 1. The van der Waals surface area contributed by atoms with E-state index in [9.17, 15) is 4.79 Å². The maximum Gasteiger partial charge on any atom is 0.320 e. The van der Waals surface area contributed by atoms with Gasteiger partial charge in [0.2, 0.25) is 0 Å². The van der Waals surface area contributed by atoms with Crippen molar-refractivity contribution in [2.45, 2.75) is 32.7 Å². The summed E-state index contributed by atoms with van der Waals surface area (Å²) in [5.41, 5.74) is 0.677.